The van der Waals surface area contributed by atoms with E-state index in [1.807, 2.05) is 6.92 Å². The molecule has 0 aliphatic heterocycles. The van der Waals surface area contributed by atoms with Gasteiger partial charge in [-0.25, -0.2) is 19.6 Å². The van der Waals surface area contributed by atoms with Crippen molar-refractivity contribution >= 4 is 22.8 Å². The van der Waals surface area contributed by atoms with Crippen LogP contribution in [-0.2, 0) is 0 Å². The Labute approximate surface area is 155 Å². The molecule has 0 aliphatic carbocycles. The number of aromatic nitrogens is 7. The summed E-state index contributed by atoms with van der Waals surface area (Å²) in [6.07, 6.45) is 4.45. The van der Waals surface area contributed by atoms with Gasteiger partial charge in [0.15, 0.2) is 11.5 Å². The van der Waals surface area contributed by atoms with Crippen molar-refractivity contribution in [3.63, 3.8) is 0 Å². The molecule has 0 aromatic carbocycles. The van der Waals surface area contributed by atoms with Gasteiger partial charge in [-0.3, -0.25) is 5.10 Å². The van der Waals surface area contributed by atoms with E-state index in [-0.39, 0.29) is 11.9 Å². The van der Waals surface area contributed by atoms with Crippen LogP contribution in [0.4, 0.5) is 24.8 Å². The summed E-state index contributed by atoms with van der Waals surface area (Å²) in [6.45, 7) is -1.10. The predicted octanol–water partition coefficient (Wildman–Crippen LogP) is 3.04. The third-order valence-corrected chi connectivity index (χ3v) is 3.93. The molecule has 0 aliphatic rings. The van der Waals surface area contributed by atoms with Gasteiger partial charge in [0, 0.05) is 12.3 Å². The minimum absolute atomic E-state index is 0.256. The quantitative estimate of drug-likeness (QED) is 0.487. The lowest BCUT2D eigenvalue weighted by atomic mass is 10.1. The first-order valence-electron chi connectivity index (χ1n) is 8.08. The summed E-state index contributed by atoms with van der Waals surface area (Å²) in [7, 11) is 0. The van der Waals surface area contributed by atoms with Gasteiger partial charge < -0.3 is 10.1 Å². The van der Waals surface area contributed by atoms with Crippen LogP contribution in [0, 0.1) is 5.95 Å². The van der Waals surface area contributed by atoms with E-state index in [9.17, 15) is 13.2 Å². The fraction of sp³-hybridized carbons (Fsp3) is 0.188. The second-order valence-electron chi connectivity index (χ2n) is 5.77. The third kappa shape index (κ3) is 3.56. The van der Waals surface area contributed by atoms with Crippen molar-refractivity contribution in [2.45, 2.75) is 19.6 Å². The minimum atomic E-state index is -2.97. The minimum Gasteiger partial charge on any atom is -0.415 e. The summed E-state index contributed by atoms with van der Waals surface area (Å²) in [5.41, 5.74) is 1.78. The number of nitrogens with one attached hydrogen (secondary N) is 2. The van der Waals surface area contributed by atoms with E-state index in [1.54, 1.807) is 16.9 Å². The van der Waals surface area contributed by atoms with Gasteiger partial charge in [0.25, 0.3) is 0 Å². The Balaban J connectivity index is 1.60. The van der Waals surface area contributed by atoms with E-state index in [4.69, 9.17) is 0 Å². The number of halogens is 3. The predicted molar refractivity (Wildman–Crippen MR) is 91.8 cm³/mol. The van der Waals surface area contributed by atoms with Gasteiger partial charge in [-0.15, -0.1) is 5.10 Å². The summed E-state index contributed by atoms with van der Waals surface area (Å²) in [4.78, 5) is 12.4. The molecule has 9 nitrogen and oxygen atoms in total. The molecular weight excluding hydrogens is 377 g/mol. The zero-order valence-electron chi connectivity index (χ0n) is 14.3. The van der Waals surface area contributed by atoms with E-state index >= 15 is 0 Å². The average Bonchev–Trinajstić information content (AvgIpc) is 3.28. The molecule has 2 N–H and O–H groups in total. The summed E-state index contributed by atoms with van der Waals surface area (Å²) < 4.78 is 43.3. The van der Waals surface area contributed by atoms with Gasteiger partial charge in [-0.1, -0.05) is 6.07 Å². The molecule has 144 valence electrons. The van der Waals surface area contributed by atoms with Gasteiger partial charge in [0.1, 0.15) is 11.3 Å². The molecule has 4 aromatic heterocycles. The largest absolute Gasteiger partial charge is 0.415 e. The molecule has 0 bridgehead atoms. The highest BCUT2D eigenvalue weighted by Crippen LogP contribution is 2.23. The first kappa shape index (κ1) is 17.7. The van der Waals surface area contributed by atoms with Gasteiger partial charge in [0.2, 0.25) is 11.8 Å². The molecule has 4 aromatic rings. The molecular formula is C16H13F3N8O. The molecule has 0 saturated carbocycles. The van der Waals surface area contributed by atoms with Crippen LogP contribution in [0.2, 0.25) is 0 Å². The Bertz CT molecular complexity index is 1090. The van der Waals surface area contributed by atoms with Crippen LogP contribution in [0.5, 0.6) is 5.88 Å². The summed E-state index contributed by atoms with van der Waals surface area (Å²) in [5.74, 6) is -0.187. The van der Waals surface area contributed by atoms with Gasteiger partial charge in [-0.05, 0) is 18.6 Å². The van der Waals surface area contributed by atoms with Gasteiger partial charge in [-0.2, -0.15) is 18.3 Å². The fourth-order valence-corrected chi connectivity index (χ4v) is 2.60. The van der Waals surface area contributed by atoms with E-state index in [2.05, 4.69) is 40.3 Å². The van der Waals surface area contributed by atoms with E-state index in [1.165, 1.54) is 24.5 Å². The van der Waals surface area contributed by atoms with Crippen LogP contribution < -0.4 is 10.1 Å². The normalized spacial score (nSPS) is 12.5. The lowest BCUT2D eigenvalue weighted by Crippen LogP contribution is -2.10. The Morgan fingerprint density at radius 2 is 2.04 bits per heavy atom. The number of rotatable bonds is 6. The highest BCUT2D eigenvalue weighted by atomic mass is 19.3. The monoisotopic (exact) mass is 390 g/mol. The molecule has 0 spiro atoms. The van der Waals surface area contributed by atoms with E-state index in [0.29, 0.717) is 22.8 Å². The number of hydrogen-bond acceptors (Lipinski definition) is 7. The van der Waals surface area contributed by atoms with E-state index in [0.717, 1.165) is 5.56 Å². The molecule has 4 rings (SSSR count). The van der Waals surface area contributed by atoms with Crippen LogP contribution in [0.15, 0.2) is 36.8 Å². The Morgan fingerprint density at radius 3 is 2.79 bits per heavy atom. The van der Waals surface area contributed by atoms with Crippen molar-refractivity contribution in [1.82, 2.24) is 34.9 Å². The smallest absolute Gasteiger partial charge is 0.388 e. The first-order chi connectivity index (χ1) is 13.5. The van der Waals surface area contributed by atoms with E-state index < -0.39 is 12.6 Å². The first-order valence-corrected chi connectivity index (χ1v) is 8.08. The van der Waals surface area contributed by atoms with Crippen LogP contribution in [0.1, 0.15) is 18.5 Å². The zero-order chi connectivity index (χ0) is 19.7. The van der Waals surface area contributed by atoms with Crippen molar-refractivity contribution in [3.05, 3.63) is 48.3 Å². The average molecular weight is 390 g/mol. The van der Waals surface area contributed by atoms with Crippen molar-refractivity contribution in [2.75, 3.05) is 5.32 Å². The van der Waals surface area contributed by atoms with Crippen molar-refractivity contribution in [2.24, 2.45) is 0 Å². The van der Waals surface area contributed by atoms with Crippen molar-refractivity contribution in [3.8, 4) is 5.88 Å². The molecule has 28 heavy (non-hydrogen) atoms. The third-order valence-electron chi connectivity index (χ3n) is 3.93. The summed E-state index contributed by atoms with van der Waals surface area (Å²) in [5, 5.41) is 13.3. The Hall–Kier alpha value is -3.70. The summed E-state index contributed by atoms with van der Waals surface area (Å²) >= 11 is 0. The topological polar surface area (TPSA) is 106 Å². The summed E-state index contributed by atoms with van der Waals surface area (Å²) in [6, 6.07) is 3.88. The molecule has 4 heterocycles. The molecule has 0 radical (unpaired) electrons. The maximum atomic E-state index is 13.1. The van der Waals surface area contributed by atoms with Gasteiger partial charge in [0.05, 0.1) is 18.4 Å². The number of ether oxygens (including phenoxy) is 1. The maximum Gasteiger partial charge on any atom is 0.388 e. The Kier molecular flexibility index (Phi) is 4.51. The number of hydrogen-bond donors (Lipinski definition) is 2. The van der Waals surface area contributed by atoms with Crippen molar-refractivity contribution < 1.29 is 17.9 Å². The molecule has 0 fully saturated rings. The molecule has 12 heteroatoms. The molecule has 0 amide bonds. The van der Waals surface area contributed by atoms with Crippen LogP contribution >= 0.6 is 0 Å². The molecule has 1 atom stereocenters. The fourth-order valence-electron chi connectivity index (χ4n) is 2.60. The standard InChI is InChI=1S/C16H13F3N8O/c1-8(9-2-3-11(17)21-5-9)27-15-10(6-22-27)20-7-13(24-15)23-12-4-14(26-25-12)28-16(18)19/h2-8,16H,1H3,(H2,23,24,25,26). The number of aromatic amines is 1. The second kappa shape index (κ2) is 7.13. The van der Waals surface area contributed by atoms with Crippen LogP contribution in [0.25, 0.3) is 11.2 Å². The Morgan fingerprint density at radius 1 is 1.18 bits per heavy atom. The van der Waals surface area contributed by atoms with Gasteiger partial charge >= 0.3 is 6.61 Å². The molecule has 1 unspecified atom stereocenters. The number of fused-ring (bicyclic) bond motifs is 1. The highest BCUT2D eigenvalue weighted by molar-refractivity contribution is 5.72. The number of nitrogens with zero attached hydrogens (tertiary/aromatic N) is 6. The lowest BCUT2D eigenvalue weighted by Gasteiger charge is -2.13. The second-order valence-corrected chi connectivity index (χ2v) is 5.77. The number of anilines is 2. The number of H-pyrrole nitrogens is 1. The van der Waals surface area contributed by atoms with Crippen molar-refractivity contribution in [1.29, 1.82) is 0 Å². The SMILES string of the molecule is CC(c1ccc(F)nc1)n1ncc2ncc(Nc3cc(OC(F)F)n[nH]3)nc21. The van der Waals surface area contributed by atoms with Crippen LogP contribution in [-0.4, -0.2) is 41.5 Å². The lowest BCUT2D eigenvalue weighted by molar-refractivity contribution is -0.0528. The zero-order valence-corrected chi connectivity index (χ0v) is 14.3. The maximum absolute atomic E-state index is 13.1. The number of alkyl halides is 2. The molecule has 0 saturated heterocycles. The number of pyridine rings is 1. The highest BCUT2D eigenvalue weighted by Gasteiger charge is 2.16. The van der Waals surface area contributed by atoms with Crippen LogP contribution in [0.3, 0.4) is 0 Å².